The van der Waals surface area contributed by atoms with Crippen molar-refractivity contribution >= 4 is 5.91 Å². The van der Waals surface area contributed by atoms with E-state index in [0.29, 0.717) is 31.3 Å². The van der Waals surface area contributed by atoms with Crippen LogP contribution in [0.1, 0.15) is 32.1 Å². The zero-order chi connectivity index (χ0) is 13.5. The van der Waals surface area contributed by atoms with Gasteiger partial charge in [0.1, 0.15) is 0 Å². The largest absolute Gasteiger partial charge is 0.396 e. The molecule has 1 saturated carbocycles. The van der Waals surface area contributed by atoms with Crippen LogP contribution in [0.4, 0.5) is 0 Å². The van der Waals surface area contributed by atoms with Crippen LogP contribution in [-0.2, 0) is 11.3 Å². The number of carbonyl (C=O) groups is 1. The third kappa shape index (κ3) is 4.35. The van der Waals surface area contributed by atoms with Gasteiger partial charge in [0.05, 0.1) is 0 Å². The summed E-state index contributed by atoms with van der Waals surface area (Å²) in [6, 6.07) is 1.85. The van der Waals surface area contributed by atoms with Crippen LogP contribution in [0.2, 0.25) is 0 Å². The Bertz CT molecular complexity index is 378. The zero-order valence-corrected chi connectivity index (χ0v) is 11.3. The van der Waals surface area contributed by atoms with Crippen LogP contribution in [0.15, 0.2) is 18.5 Å². The van der Waals surface area contributed by atoms with Gasteiger partial charge >= 0.3 is 0 Å². The predicted molar refractivity (Wildman–Crippen MR) is 72.4 cm³/mol. The molecule has 2 atom stereocenters. The molecule has 2 N–H and O–H groups in total. The Hall–Kier alpha value is -1.36. The highest BCUT2D eigenvalue weighted by Gasteiger charge is 2.24. The van der Waals surface area contributed by atoms with E-state index in [1.807, 2.05) is 12.3 Å². The molecule has 1 aliphatic rings. The highest BCUT2D eigenvalue weighted by atomic mass is 16.3. The van der Waals surface area contributed by atoms with Crippen LogP contribution in [0.3, 0.4) is 0 Å². The van der Waals surface area contributed by atoms with E-state index in [2.05, 4.69) is 10.4 Å². The number of rotatable bonds is 6. The second-order valence-corrected chi connectivity index (χ2v) is 5.31. The summed E-state index contributed by atoms with van der Waals surface area (Å²) in [6.07, 6.45) is 8.65. The van der Waals surface area contributed by atoms with Gasteiger partial charge in [-0.05, 0) is 30.7 Å². The maximum atomic E-state index is 11.8. The van der Waals surface area contributed by atoms with E-state index >= 15 is 0 Å². The van der Waals surface area contributed by atoms with Crippen molar-refractivity contribution in [2.45, 2.75) is 38.6 Å². The summed E-state index contributed by atoms with van der Waals surface area (Å²) in [6.45, 7) is 1.56. The monoisotopic (exact) mass is 265 g/mol. The number of nitrogens with zero attached hydrogens (tertiary/aromatic N) is 2. The molecular formula is C14H23N3O2. The second-order valence-electron chi connectivity index (χ2n) is 5.31. The molecule has 19 heavy (non-hydrogen) atoms. The summed E-state index contributed by atoms with van der Waals surface area (Å²) >= 11 is 0. The fourth-order valence-corrected chi connectivity index (χ4v) is 2.78. The molecule has 5 nitrogen and oxygen atoms in total. The van der Waals surface area contributed by atoms with Gasteiger partial charge in [0.2, 0.25) is 5.91 Å². The number of aliphatic hydroxyl groups is 1. The smallest absolute Gasteiger partial charge is 0.221 e. The Balaban J connectivity index is 1.67. The van der Waals surface area contributed by atoms with Crippen LogP contribution in [0, 0.1) is 11.8 Å². The molecule has 1 aromatic heterocycles. The number of hydrogen-bond donors (Lipinski definition) is 2. The third-order valence-electron chi connectivity index (χ3n) is 3.99. The van der Waals surface area contributed by atoms with Crippen LogP contribution >= 0.6 is 0 Å². The van der Waals surface area contributed by atoms with Gasteiger partial charge in [-0.2, -0.15) is 5.10 Å². The number of aliphatic hydroxyl groups excluding tert-OH is 1. The topological polar surface area (TPSA) is 67.2 Å². The van der Waals surface area contributed by atoms with Gasteiger partial charge < -0.3 is 10.4 Å². The van der Waals surface area contributed by atoms with Crippen LogP contribution in [0.25, 0.3) is 0 Å². The van der Waals surface area contributed by atoms with E-state index in [1.54, 1.807) is 10.9 Å². The van der Waals surface area contributed by atoms with Gasteiger partial charge in [0.15, 0.2) is 0 Å². The van der Waals surface area contributed by atoms with Crippen molar-refractivity contribution in [3.8, 4) is 0 Å². The first-order valence-electron chi connectivity index (χ1n) is 7.14. The molecule has 1 fully saturated rings. The minimum absolute atomic E-state index is 0.0674. The molecule has 106 valence electrons. The van der Waals surface area contributed by atoms with E-state index in [9.17, 15) is 9.90 Å². The molecule has 0 saturated heterocycles. The van der Waals surface area contributed by atoms with Crippen molar-refractivity contribution in [2.24, 2.45) is 11.8 Å². The van der Waals surface area contributed by atoms with Crippen molar-refractivity contribution in [1.82, 2.24) is 15.1 Å². The van der Waals surface area contributed by atoms with Gasteiger partial charge in [-0.3, -0.25) is 9.48 Å². The lowest BCUT2D eigenvalue weighted by atomic mass is 9.79. The Kier molecular flexibility index (Phi) is 5.39. The lowest BCUT2D eigenvalue weighted by molar-refractivity contribution is -0.121. The van der Waals surface area contributed by atoms with Crippen molar-refractivity contribution in [2.75, 3.05) is 13.2 Å². The summed E-state index contributed by atoms with van der Waals surface area (Å²) in [4.78, 5) is 11.8. The molecule has 1 amide bonds. The lowest BCUT2D eigenvalue weighted by Gasteiger charge is -2.30. The molecule has 0 radical (unpaired) electrons. The molecule has 1 aliphatic carbocycles. The lowest BCUT2D eigenvalue weighted by Crippen LogP contribution is -2.35. The summed E-state index contributed by atoms with van der Waals surface area (Å²) in [5.74, 6) is 0.866. The number of carbonyl (C=O) groups excluding carboxylic acids is 1. The fraction of sp³-hybridized carbons (Fsp3) is 0.714. The summed E-state index contributed by atoms with van der Waals surface area (Å²) in [5.41, 5.74) is 0. The van der Waals surface area contributed by atoms with Gasteiger partial charge in [0.25, 0.3) is 0 Å². The maximum absolute atomic E-state index is 11.8. The number of hydrogen-bond acceptors (Lipinski definition) is 3. The van der Waals surface area contributed by atoms with E-state index < -0.39 is 0 Å². The first-order chi connectivity index (χ1) is 9.29. The molecule has 0 aromatic carbocycles. The van der Waals surface area contributed by atoms with Crippen molar-refractivity contribution in [3.05, 3.63) is 18.5 Å². The Morgan fingerprint density at radius 1 is 1.37 bits per heavy atom. The van der Waals surface area contributed by atoms with Crippen LogP contribution in [0.5, 0.6) is 0 Å². The molecule has 0 spiro atoms. The normalized spacial score (nSPS) is 23.2. The van der Waals surface area contributed by atoms with Crippen molar-refractivity contribution < 1.29 is 9.90 Å². The summed E-state index contributed by atoms with van der Waals surface area (Å²) in [7, 11) is 0. The Labute approximate surface area is 114 Å². The first-order valence-corrected chi connectivity index (χ1v) is 7.14. The Morgan fingerprint density at radius 2 is 2.16 bits per heavy atom. The number of nitrogens with one attached hydrogen (secondary N) is 1. The van der Waals surface area contributed by atoms with Crippen LogP contribution in [-0.4, -0.2) is 33.9 Å². The van der Waals surface area contributed by atoms with Gasteiger partial charge in [-0.25, -0.2) is 0 Å². The predicted octanol–water partition coefficient (Wildman–Crippen LogP) is 1.19. The average Bonchev–Trinajstić information content (AvgIpc) is 2.96. The number of aryl methyl sites for hydroxylation is 1. The molecule has 1 heterocycles. The molecular weight excluding hydrogens is 242 g/mol. The van der Waals surface area contributed by atoms with E-state index in [1.165, 1.54) is 12.8 Å². The minimum Gasteiger partial charge on any atom is -0.396 e. The fourth-order valence-electron chi connectivity index (χ4n) is 2.78. The highest BCUT2D eigenvalue weighted by molar-refractivity contribution is 5.75. The highest BCUT2D eigenvalue weighted by Crippen LogP contribution is 2.28. The molecule has 0 bridgehead atoms. The van der Waals surface area contributed by atoms with Crippen LogP contribution < -0.4 is 5.32 Å². The molecule has 2 unspecified atom stereocenters. The number of amides is 1. The molecule has 1 aromatic rings. The standard InChI is InChI=1S/C14H23N3O2/c18-11-13-5-2-1-4-12(13)10-15-14(19)6-9-17-8-3-7-16-17/h3,7-8,12-13,18H,1-2,4-6,9-11H2,(H,15,19). The third-order valence-corrected chi connectivity index (χ3v) is 3.99. The average molecular weight is 265 g/mol. The maximum Gasteiger partial charge on any atom is 0.221 e. The van der Waals surface area contributed by atoms with Gasteiger partial charge in [-0.15, -0.1) is 0 Å². The Morgan fingerprint density at radius 3 is 2.84 bits per heavy atom. The van der Waals surface area contributed by atoms with E-state index in [0.717, 1.165) is 12.8 Å². The van der Waals surface area contributed by atoms with Gasteiger partial charge in [0, 0.05) is 38.5 Å². The zero-order valence-electron chi connectivity index (χ0n) is 11.3. The number of aromatic nitrogens is 2. The van der Waals surface area contributed by atoms with Crippen molar-refractivity contribution in [1.29, 1.82) is 0 Å². The van der Waals surface area contributed by atoms with E-state index in [4.69, 9.17) is 0 Å². The second kappa shape index (κ2) is 7.28. The van der Waals surface area contributed by atoms with Crippen molar-refractivity contribution in [3.63, 3.8) is 0 Å². The summed E-state index contributed by atoms with van der Waals surface area (Å²) in [5, 5.41) is 16.4. The quantitative estimate of drug-likeness (QED) is 0.812. The SMILES string of the molecule is O=C(CCn1cccn1)NCC1CCCCC1CO. The minimum atomic E-state index is 0.0674. The molecule has 5 heteroatoms. The molecule has 2 rings (SSSR count). The summed E-state index contributed by atoms with van der Waals surface area (Å²) < 4.78 is 1.76. The van der Waals surface area contributed by atoms with Gasteiger partial charge in [-0.1, -0.05) is 12.8 Å². The molecule has 0 aliphatic heterocycles. The first kappa shape index (κ1) is 14.1. The van der Waals surface area contributed by atoms with E-state index in [-0.39, 0.29) is 12.5 Å².